The molecule has 0 radical (unpaired) electrons. The van der Waals surface area contributed by atoms with Crippen molar-refractivity contribution >= 4 is 6.09 Å². The lowest BCUT2D eigenvalue weighted by Crippen LogP contribution is -2.31. The Bertz CT molecular complexity index is 263. The third kappa shape index (κ3) is 13.0. The number of hydrogen-bond donors (Lipinski definition) is 1. The van der Waals surface area contributed by atoms with Crippen molar-refractivity contribution in [1.29, 1.82) is 0 Å². The fourth-order valence-corrected chi connectivity index (χ4v) is 1.55. The molecule has 2 N–H and O–H groups in total. The van der Waals surface area contributed by atoms with Crippen molar-refractivity contribution in [3.63, 3.8) is 0 Å². The molecule has 0 aliphatic heterocycles. The van der Waals surface area contributed by atoms with Gasteiger partial charge >= 0.3 is 6.09 Å². The molecule has 0 aliphatic carbocycles. The predicted molar refractivity (Wildman–Crippen MR) is 73.7 cm³/mol. The lowest BCUT2D eigenvalue weighted by molar-refractivity contribution is -0.0204. The average molecular weight is 271 g/mol. The largest absolute Gasteiger partial charge is 0.441 e. The molecular weight excluding hydrogens is 246 g/mol. The summed E-state index contributed by atoms with van der Waals surface area (Å²) in [7, 11) is 0. The molecule has 0 aromatic rings. The number of terminal acetylenes is 1. The zero-order valence-electron chi connectivity index (χ0n) is 11.7. The molecule has 0 saturated heterocycles. The highest BCUT2D eigenvalue weighted by molar-refractivity contribution is 5.64. The van der Waals surface area contributed by atoms with Gasteiger partial charge in [-0.15, -0.1) is 6.42 Å². The van der Waals surface area contributed by atoms with E-state index in [0.717, 1.165) is 12.8 Å². The van der Waals surface area contributed by atoms with E-state index < -0.39 is 12.2 Å². The highest BCUT2D eigenvalue weighted by Crippen LogP contribution is 2.03. The monoisotopic (exact) mass is 271 g/mol. The van der Waals surface area contributed by atoms with Crippen LogP contribution in [-0.2, 0) is 14.2 Å². The van der Waals surface area contributed by atoms with E-state index in [1.165, 1.54) is 19.3 Å². The molecule has 0 heterocycles. The van der Waals surface area contributed by atoms with Gasteiger partial charge in [0.25, 0.3) is 0 Å². The molecule has 1 unspecified atom stereocenters. The van der Waals surface area contributed by atoms with Crippen molar-refractivity contribution in [3.05, 3.63) is 0 Å². The number of carbonyl (C=O) groups excluding carboxylic acids is 1. The van der Waals surface area contributed by atoms with Crippen molar-refractivity contribution < 1.29 is 19.0 Å². The van der Waals surface area contributed by atoms with Crippen LogP contribution in [-0.4, -0.2) is 38.6 Å². The van der Waals surface area contributed by atoms with Crippen LogP contribution in [0.25, 0.3) is 0 Å². The summed E-state index contributed by atoms with van der Waals surface area (Å²) >= 11 is 0. The first-order valence-corrected chi connectivity index (χ1v) is 6.75. The van der Waals surface area contributed by atoms with Gasteiger partial charge in [-0.05, 0) is 6.42 Å². The molecule has 0 aliphatic rings. The van der Waals surface area contributed by atoms with E-state index in [9.17, 15) is 4.79 Å². The van der Waals surface area contributed by atoms with Gasteiger partial charge in [-0.2, -0.15) is 0 Å². The summed E-state index contributed by atoms with van der Waals surface area (Å²) in [4.78, 5) is 10.7. The predicted octanol–water partition coefficient (Wildman–Crippen LogP) is 2.09. The molecule has 0 fully saturated rings. The fourth-order valence-electron chi connectivity index (χ4n) is 1.55. The van der Waals surface area contributed by atoms with E-state index >= 15 is 0 Å². The second kappa shape index (κ2) is 13.2. The highest BCUT2D eigenvalue weighted by atomic mass is 16.6. The Kier molecular flexibility index (Phi) is 12.3. The van der Waals surface area contributed by atoms with Crippen molar-refractivity contribution in [2.24, 2.45) is 5.73 Å². The minimum atomic E-state index is -0.833. The molecule has 19 heavy (non-hydrogen) atoms. The maximum atomic E-state index is 10.7. The number of primary amides is 1. The van der Waals surface area contributed by atoms with E-state index in [4.69, 9.17) is 26.4 Å². The number of carbonyl (C=O) groups is 1. The number of hydrogen-bond acceptors (Lipinski definition) is 4. The molecule has 1 atom stereocenters. The van der Waals surface area contributed by atoms with Crippen molar-refractivity contribution in [2.75, 3.05) is 26.4 Å². The molecular formula is C14H25NO4. The topological polar surface area (TPSA) is 70.8 Å². The number of ether oxygens (including phenoxy) is 3. The lowest BCUT2D eigenvalue weighted by atomic mass is 10.2. The van der Waals surface area contributed by atoms with Crippen molar-refractivity contribution in [3.8, 4) is 12.3 Å². The summed E-state index contributed by atoms with van der Waals surface area (Å²) in [5.41, 5.74) is 4.97. The zero-order valence-corrected chi connectivity index (χ0v) is 11.7. The SMILES string of the molecule is C#CCOCC(COCCCCCCC)OC(N)=O. The first-order chi connectivity index (χ1) is 9.20. The Morgan fingerprint density at radius 3 is 2.53 bits per heavy atom. The Hall–Kier alpha value is -1.25. The van der Waals surface area contributed by atoms with Crippen LogP contribution in [0.4, 0.5) is 4.79 Å². The van der Waals surface area contributed by atoms with E-state index in [1.807, 2.05) is 0 Å². The molecule has 0 rings (SSSR count). The molecule has 5 heteroatoms. The summed E-state index contributed by atoms with van der Waals surface area (Å²) < 4.78 is 15.4. The second-order valence-corrected chi connectivity index (χ2v) is 4.27. The highest BCUT2D eigenvalue weighted by Gasteiger charge is 2.12. The van der Waals surface area contributed by atoms with Crippen LogP contribution >= 0.6 is 0 Å². The Labute approximate surface area is 115 Å². The minimum absolute atomic E-state index is 0.176. The second-order valence-electron chi connectivity index (χ2n) is 4.27. The van der Waals surface area contributed by atoms with Crippen LogP contribution in [0.15, 0.2) is 0 Å². The van der Waals surface area contributed by atoms with Gasteiger partial charge in [-0.3, -0.25) is 0 Å². The summed E-state index contributed by atoms with van der Waals surface area (Å²) in [6.45, 7) is 3.48. The normalized spacial score (nSPS) is 11.8. The summed E-state index contributed by atoms with van der Waals surface area (Å²) in [6, 6.07) is 0. The van der Waals surface area contributed by atoms with Gasteiger partial charge in [-0.1, -0.05) is 38.5 Å². The van der Waals surface area contributed by atoms with Crippen LogP contribution in [0.5, 0.6) is 0 Å². The minimum Gasteiger partial charge on any atom is -0.441 e. The standard InChI is InChI=1S/C14H25NO4/c1-3-5-6-7-8-10-18-12-13(19-14(15)16)11-17-9-4-2/h2,13H,3,5-12H2,1H3,(H2,15,16). The number of amides is 1. The third-order valence-corrected chi connectivity index (χ3v) is 2.47. The number of nitrogens with two attached hydrogens (primary N) is 1. The molecule has 0 aromatic heterocycles. The maximum Gasteiger partial charge on any atom is 0.404 e. The van der Waals surface area contributed by atoms with Gasteiger partial charge in [-0.25, -0.2) is 4.79 Å². The lowest BCUT2D eigenvalue weighted by Gasteiger charge is -2.16. The van der Waals surface area contributed by atoms with Crippen molar-refractivity contribution in [1.82, 2.24) is 0 Å². The van der Waals surface area contributed by atoms with Crippen LogP contribution in [0.3, 0.4) is 0 Å². The van der Waals surface area contributed by atoms with Crippen LogP contribution in [0.2, 0.25) is 0 Å². The van der Waals surface area contributed by atoms with Crippen molar-refractivity contribution in [2.45, 2.75) is 45.1 Å². The molecule has 0 spiro atoms. The van der Waals surface area contributed by atoms with Gasteiger partial charge in [0.05, 0.1) is 13.2 Å². The van der Waals surface area contributed by atoms with E-state index in [0.29, 0.717) is 6.61 Å². The smallest absolute Gasteiger partial charge is 0.404 e. The van der Waals surface area contributed by atoms with Gasteiger partial charge < -0.3 is 19.9 Å². The quantitative estimate of drug-likeness (QED) is 0.436. The molecule has 5 nitrogen and oxygen atoms in total. The first kappa shape index (κ1) is 17.8. The first-order valence-electron chi connectivity index (χ1n) is 6.75. The maximum absolute atomic E-state index is 10.7. The van der Waals surface area contributed by atoms with Gasteiger partial charge in [0.15, 0.2) is 6.10 Å². The van der Waals surface area contributed by atoms with Gasteiger partial charge in [0.1, 0.15) is 6.61 Å². The van der Waals surface area contributed by atoms with Crippen LogP contribution in [0.1, 0.15) is 39.0 Å². The summed E-state index contributed by atoms with van der Waals surface area (Å²) in [5.74, 6) is 2.34. The Balaban J connectivity index is 3.61. The van der Waals surface area contributed by atoms with Gasteiger partial charge in [0, 0.05) is 6.61 Å². The van der Waals surface area contributed by atoms with E-state index in [1.54, 1.807) is 0 Å². The van der Waals surface area contributed by atoms with E-state index in [2.05, 4.69) is 12.8 Å². The van der Waals surface area contributed by atoms with E-state index in [-0.39, 0.29) is 19.8 Å². The molecule has 110 valence electrons. The van der Waals surface area contributed by atoms with Crippen LogP contribution < -0.4 is 5.73 Å². The number of rotatable bonds is 12. The summed E-state index contributed by atoms with van der Waals surface area (Å²) in [6.07, 6.45) is 9.60. The Morgan fingerprint density at radius 1 is 1.21 bits per heavy atom. The molecule has 0 saturated carbocycles. The molecule has 1 amide bonds. The third-order valence-electron chi connectivity index (χ3n) is 2.47. The fraction of sp³-hybridized carbons (Fsp3) is 0.786. The van der Waals surface area contributed by atoms with Gasteiger partial charge in [0.2, 0.25) is 0 Å². The van der Waals surface area contributed by atoms with Crippen LogP contribution in [0, 0.1) is 12.3 Å². The molecule has 0 bridgehead atoms. The molecule has 0 aromatic carbocycles. The number of unbranched alkanes of at least 4 members (excludes halogenated alkanes) is 4. The zero-order chi connectivity index (χ0) is 14.3. The Morgan fingerprint density at radius 2 is 1.89 bits per heavy atom. The summed E-state index contributed by atoms with van der Waals surface area (Å²) in [5, 5.41) is 0. The average Bonchev–Trinajstić information content (AvgIpc) is 2.37.